The van der Waals surface area contributed by atoms with Crippen LogP contribution >= 0.6 is 11.3 Å². The number of thiazole rings is 1. The Bertz CT molecular complexity index is 457. The van der Waals surface area contributed by atoms with Crippen molar-refractivity contribution in [1.29, 1.82) is 0 Å². The molecule has 0 spiro atoms. The second-order valence-corrected chi connectivity index (χ2v) is 5.05. The Morgan fingerprint density at radius 1 is 1.63 bits per heavy atom. The van der Waals surface area contributed by atoms with Crippen LogP contribution in [0.4, 0.5) is 0 Å². The van der Waals surface area contributed by atoms with Crippen LogP contribution in [-0.4, -0.2) is 47.8 Å². The molecule has 0 radical (unpaired) electrons. The van der Waals surface area contributed by atoms with Gasteiger partial charge in [-0.15, -0.1) is 11.3 Å². The molecule has 7 nitrogen and oxygen atoms in total. The van der Waals surface area contributed by atoms with E-state index in [9.17, 15) is 9.59 Å². The highest BCUT2D eigenvalue weighted by molar-refractivity contribution is 7.09. The van der Waals surface area contributed by atoms with Crippen LogP contribution in [0.1, 0.15) is 21.9 Å². The lowest BCUT2D eigenvalue weighted by Gasteiger charge is -2.22. The number of morpholine rings is 1. The second-order valence-electron chi connectivity index (χ2n) is 4.11. The number of carboxylic acid groups (broad SMARTS) is 1. The molecule has 1 aliphatic heterocycles. The predicted molar refractivity (Wildman–Crippen MR) is 68.1 cm³/mol. The molecular formula is C11H15N3O4S. The van der Waals surface area contributed by atoms with Gasteiger partial charge in [0.05, 0.1) is 25.7 Å². The van der Waals surface area contributed by atoms with E-state index in [0.717, 1.165) is 6.54 Å². The van der Waals surface area contributed by atoms with Crippen LogP contribution in [0.25, 0.3) is 0 Å². The van der Waals surface area contributed by atoms with Gasteiger partial charge in [-0.05, 0) is 0 Å². The van der Waals surface area contributed by atoms with E-state index in [0.29, 0.717) is 24.6 Å². The normalized spacial score (nSPS) is 19.1. The van der Waals surface area contributed by atoms with Crippen molar-refractivity contribution in [3.05, 3.63) is 16.1 Å². The van der Waals surface area contributed by atoms with Gasteiger partial charge in [0.1, 0.15) is 5.01 Å². The van der Waals surface area contributed by atoms with Gasteiger partial charge in [0.25, 0.3) is 0 Å². The third-order valence-electron chi connectivity index (χ3n) is 2.63. The largest absolute Gasteiger partial charge is 0.476 e. The van der Waals surface area contributed by atoms with Crippen LogP contribution < -0.4 is 10.6 Å². The number of ether oxygens (including phenoxy) is 1. The smallest absolute Gasteiger partial charge is 0.355 e. The minimum Gasteiger partial charge on any atom is -0.476 e. The molecule has 0 bridgehead atoms. The first-order chi connectivity index (χ1) is 9.15. The maximum atomic E-state index is 11.7. The molecule has 1 aromatic rings. The number of rotatable bonds is 5. The number of carbonyl (C=O) groups is 2. The Balaban J connectivity index is 1.74. The van der Waals surface area contributed by atoms with Crippen molar-refractivity contribution >= 4 is 23.2 Å². The molecule has 1 saturated heterocycles. The summed E-state index contributed by atoms with van der Waals surface area (Å²) in [5, 5.41) is 16.6. The van der Waals surface area contributed by atoms with Gasteiger partial charge in [-0.2, -0.15) is 0 Å². The maximum absolute atomic E-state index is 11.7. The Labute approximate surface area is 114 Å². The van der Waals surface area contributed by atoms with Gasteiger partial charge in [0.15, 0.2) is 5.69 Å². The molecule has 2 rings (SSSR count). The molecule has 0 aromatic carbocycles. The third-order valence-corrected chi connectivity index (χ3v) is 3.47. The number of hydrogen-bond donors (Lipinski definition) is 3. The van der Waals surface area contributed by atoms with E-state index in [1.807, 2.05) is 0 Å². The number of amides is 1. The minimum atomic E-state index is -1.06. The molecule has 2 heterocycles. The number of aromatic nitrogens is 1. The van der Waals surface area contributed by atoms with Crippen LogP contribution in [0.5, 0.6) is 0 Å². The molecule has 0 aliphatic carbocycles. The second kappa shape index (κ2) is 6.60. The Kier molecular flexibility index (Phi) is 4.83. The molecule has 104 valence electrons. The summed E-state index contributed by atoms with van der Waals surface area (Å²) in [5.41, 5.74) is 0.00839. The van der Waals surface area contributed by atoms with Gasteiger partial charge in [-0.25, -0.2) is 9.78 Å². The number of nitrogens with zero attached hydrogens (tertiary/aromatic N) is 1. The monoisotopic (exact) mass is 285 g/mol. The first kappa shape index (κ1) is 13.9. The van der Waals surface area contributed by atoms with E-state index in [4.69, 9.17) is 9.84 Å². The van der Waals surface area contributed by atoms with Gasteiger partial charge in [0, 0.05) is 18.5 Å². The van der Waals surface area contributed by atoms with Crippen molar-refractivity contribution < 1.29 is 19.4 Å². The van der Waals surface area contributed by atoms with Crippen molar-refractivity contribution in [2.45, 2.75) is 19.1 Å². The molecule has 1 unspecified atom stereocenters. The van der Waals surface area contributed by atoms with E-state index < -0.39 is 5.97 Å². The summed E-state index contributed by atoms with van der Waals surface area (Å²) in [6.45, 7) is 2.35. The van der Waals surface area contributed by atoms with Gasteiger partial charge < -0.3 is 20.5 Å². The lowest BCUT2D eigenvalue weighted by molar-refractivity contribution is -0.124. The lowest BCUT2D eigenvalue weighted by atomic mass is 10.2. The van der Waals surface area contributed by atoms with E-state index in [2.05, 4.69) is 15.6 Å². The summed E-state index contributed by atoms with van der Waals surface area (Å²) in [6, 6.07) is 0. The molecule has 1 amide bonds. The van der Waals surface area contributed by atoms with E-state index in [1.54, 1.807) is 0 Å². The summed E-state index contributed by atoms with van der Waals surface area (Å²) < 4.78 is 5.42. The Morgan fingerprint density at radius 2 is 2.47 bits per heavy atom. The van der Waals surface area contributed by atoms with Crippen molar-refractivity contribution in [3.8, 4) is 0 Å². The van der Waals surface area contributed by atoms with Crippen LogP contribution in [0, 0.1) is 0 Å². The molecule has 1 fully saturated rings. The number of hydrogen-bond acceptors (Lipinski definition) is 6. The van der Waals surface area contributed by atoms with Crippen molar-refractivity contribution in [2.75, 3.05) is 19.7 Å². The van der Waals surface area contributed by atoms with Crippen LogP contribution in [0.3, 0.4) is 0 Å². The van der Waals surface area contributed by atoms with Crippen LogP contribution in [0.15, 0.2) is 5.38 Å². The summed E-state index contributed by atoms with van der Waals surface area (Å²) in [4.78, 5) is 26.2. The molecular weight excluding hydrogens is 270 g/mol. The van der Waals surface area contributed by atoms with Gasteiger partial charge in [0.2, 0.25) is 5.91 Å². The number of carboxylic acids is 1. The quantitative estimate of drug-likeness (QED) is 0.695. The standard InChI is InChI=1S/C11H15N3O4S/c15-9(3-7-4-12-1-2-18-7)13-5-10-14-8(6-19-10)11(16)17/h6-7,12H,1-5H2,(H,13,15)(H,16,17). The number of nitrogens with one attached hydrogen (secondary N) is 2. The lowest BCUT2D eigenvalue weighted by Crippen LogP contribution is -2.41. The first-order valence-electron chi connectivity index (χ1n) is 5.92. The summed E-state index contributed by atoms with van der Waals surface area (Å²) >= 11 is 1.22. The van der Waals surface area contributed by atoms with Crippen molar-refractivity contribution in [3.63, 3.8) is 0 Å². The molecule has 8 heteroatoms. The van der Waals surface area contributed by atoms with Gasteiger partial charge >= 0.3 is 5.97 Å². The predicted octanol–water partition coefficient (Wildman–Crippen LogP) is -0.164. The zero-order valence-electron chi connectivity index (χ0n) is 10.2. The average Bonchev–Trinajstić information content (AvgIpc) is 2.86. The number of aromatic carboxylic acids is 1. The molecule has 1 aromatic heterocycles. The summed E-state index contributed by atoms with van der Waals surface area (Å²) in [6.07, 6.45) is 0.198. The number of carbonyl (C=O) groups excluding carboxylic acids is 1. The van der Waals surface area contributed by atoms with E-state index in [-0.39, 0.29) is 24.2 Å². The van der Waals surface area contributed by atoms with Gasteiger partial charge in [-0.3, -0.25) is 4.79 Å². The highest BCUT2D eigenvalue weighted by Crippen LogP contribution is 2.09. The molecule has 19 heavy (non-hydrogen) atoms. The van der Waals surface area contributed by atoms with Crippen molar-refractivity contribution in [2.24, 2.45) is 0 Å². The molecule has 1 atom stereocenters. The summed E-state index contributed by atoms with van der Waals surface area (Å²) in [5.74, 6) is -1.18. The van der Waals surface area contributed by atoms with Crippen LogP contribution in [-0.2, 0) is 16.1 Å². The fourth-order valence-corrected chi connectivity index (χ4v) is 2.40. The highest BCUT2D eigenvalue weighted by Gasteiger charge is 2.17. The zero-order chi connectivity index (χ0) is 13.7. The Morgan fingerprint density at radius 3 is 3.11 bits per heavy atom. The molecule has 0 saturated carbocycles. The average molecular weight is 285 g/mol. The van der Waals surface area contributed by atoms with Gasteiger partial charge in [-0.1, -0.05) is 0 Å². The molecule has 3 N–H and O–H groups in total. The minimum absolute atomic E-state index is 0.00839. The van der Waals surface area contributed by atoms with Crippen LogP contribution in [0.2, 0.25) is 0 Å². The van der Waals surface area contributed by atoms with E-state index in [1.165, 1.54) is 16.7 Å². The summed E-state index contributed by atoms with van der Waals surface area (Å²) in [7, 11) is 0. The fourth-order valence-electron chi connectivity index (χ4n) is 1.69. The third kappa shape index (κ3) is 4.27. The SMILES string of the molecule is O=C(CC1CNCCO1)NCc1nc(C(=O)O)cs1. The van der Waals surface area contributed by atoms with Crippen molar-refractivity contribution in [1.82, 2.24) is 15.6 Å². The Hall–Kier alpha value is -1.51. The zero-order valence-corrected chi connectivity index (χ0v) is 11.0. The highest BCUT2D eigenvalue weighted by atomic mass is 32.1. The topological polar surface area (TPSA) is 101 Å². The van der Waals surface area contributed by atoms with E-state index >= 15 is 0 Å². The molecule has 1 aliphatic rings. The fraction of sp³-hybridized carbons (Fsp3) is 0.545. The first-order valence-corrected chi connectivity index (χ1v) is 6.80. The maximum Gasteiger partial charge on any atom is 0.355 e.